The summed E-state index contributed by atoms with van der Waals surface area (Å²) >= 11 is 0. The van der Waals surface area contributed by atoms with Gasteiger partial charge in [-0.25, -0.2) is 0 Å². The first-order valence-electron chi connectivity index (χ1n) is 7.70. The highest BCUT2D eigenvalue weighted by Crippen LogP contribution is 2.21. The molecule has 0 radical (unpaired) electrons. The van der Waals surface area contributed by atoms with Crippen molar-refractivity contribution >= 4 is 17.6 Å². The van der Waals surface area contributed by atoms with Gasteiger partial charge in [-0.2, -0.15) is 0 Å². The maximum Gasteiger partial charge on any atom is 0.305 e. The quantitative estimate of drug-likeness (QED) is 0.801. The molecule has 1 N–H and O–H groups in total. The molecule has 1 aromatic carbocycles. The van der Waals surface area contributed by atoms with Gasteiger partial charge in [0.1, 0.15) is 0 Å². The molecule has 1 aromatic rings. The molecule has 0 saturated carbocycles. The lowest BCUT2D eigenvalue weighted by atomic mass is 10.1. The molecule has 0 aromatic heterocycles. The van der Waals surface area contributed by atoms with Crippen molar-refractivity contribution in [3.05, 3.63) is 29.3 Å². The Morgan fingerprint density at radius 2 is 1.77 bits per heavy atom. The topological polar surface area (TPSA) is 60.9 Å². The zero-order valence-corrected chi connectivity index (χ0v) is 13.9. The van der Waals surface area contributed by atoms with Gasteiger partial charge in [-0.05, 0) is 39.3 Å². The summed E-state index contributed by atoms with van der Waals surface area (Å²) in [5.41, 5.74) is 3.12. The maximum absolute atomic E-state index is 12.3. The van der Waals surface area contributed by atoms with E-state index in [0.29, 0.717) is 19.6 Å². The van der Waals surface area contributed by atoms with Gasteiger partial charge in [0, 0.05) is 25.3 Å². The van der Waals surface area contributed by atoms with Gasteiger partial charge in [-0.15, -0.1) is 0 Å². The van der Waals surface area contributed by atoms with Crippen LogP contribution in [0.5, 0.6) is 0 Å². The van der Waals surface area contributed by atoms with Crippen LogP contribution in [0.4, 0.5) is 5.69 Å². The molecule has 122 valence electrons. The van der Waals surface area contributed by atoms with Gasteiger partial charge >= 0.3 is 5.97 Å². The largest absolute Gasteiger partial charge is 0.481 e. The zero-order chi connectivity index (χ0) is 16.7. The normalized spacial score (nSPS) is 10.4. The zero-order valence-electron chi connectivity index (χ0n) is 13.9. The Kier molecular flexibility index (Phi) is 6.89. The van der Waals surface area contributed by atoms with Crippen LogP contribution >= 0.6 is 0 Å². The molecule has 0 bridgehead atoms. The SMILES string of the molecule is CCN(CC)C(=O)CN(CCC(=O)O)c1ccc(C)cc1C. The molecular weight excluding hydrogens is 280 g/mol. The first kappa shape index (κ1) is 18.0. The summed E-state index contributed by atoms with van der Waals surface area (Å²) in [6, 6.07) is 5.99. The fourth-order valence-electron chi connectivity index (χ4n) is 2.52. The molecule has 22 heavy (non-hydrogen) atoms. The average molecular weight is 306 g/mol. The molecule has 0 atom stereocenters. The Hall–Kier alpha value is -2.04. The lowest BCUT2D eigenvalue weighted by molar-refractivity contribution is -0.137. The maximum atomic E-state index is 12.3. The molecule has 0 unspecified atom stereocenters. The van der Waals surface area contributed by atoms with Crippen LogP contribution in [0.15, 0.2) is 18.2 Å². The van der Waals surface area contributed by atoms with Crippen molar-refractivity contribution in [3.8, 4) is 0 Å². The van der Waals surface area contributed by atoms with Gasteiger partial charge in [-0.1, -0.05) is 17.7 Å². The third-order valence-electron chi connectivity index (χ3n) is 3.73. The summed E-state index contributed by atoms with van der Waals surface area (Å²) in [4.78, 5) is 26.9. The van der Waals surface area contributed by atoms with Crippen molar-refractivity contribution in [2.45, 2.75) is 34.1 Å². The minimum absolute atomic E-state index is 0.0127. The minimum Gasteiger partial charge on any atom is -0.481 e. The van der Waals surface area contributed by atoms with Gasteiger partial charge in [0.05, 0.1) is 13.0 Å². The van der Waals surface area contributed by atoms with E-state index < -0.39 is 5.97 Å². The fraction of sp³-hybridized carbons (Fsp3) is 0.529. The number of carbonyl (C=O) groups excluding carboxylic acids is 1. The summed E-state index contributed by atoms with van der Waals surface area (Å²) in [6.07, 6.45) is 0.0127. The number of anilines is 1. The first-order chi connectivity index (χ1) is 10.4. The number of benzene rings is 1. The second-order valence-electron chi connectivity index (χ2n) is 5.42. The van der Waals surface area contributed by atoms with Gasteiger partial charge < -0.3 is 14.9 Å². The summed E-state index contributed by atoms with van der Waals surface area (Å²) in [6.45, 7) is 9.74. The molecule has 0 spiro atoms. The van der Waals surface area contributed by atoms with Crippen LogP contribution < -0.4 is 4.90 Å². The summed E-state index contributed by atoms with van der Waals surface area (Å²) in [7, 11) is 0. The highest BCUT2D eigenvalue weighted by Gasteiger charge is 2.18. The highest BCUT2D eigenvalue weighted by molar-refractivity contribution is 5.82. The van der Waals surface area contributed by atoms with E-state index in [0.717, 1.165) is 16.8 Å². The number of carboxylic acids is 1. The molecule has 0 fully saturated rings. The second-order valence-corrected chi connectivity index (χ2v) is 5.42. The summed E-state index contributed by atoms with van der Waals surface area (Å²) < 4.78 is 0. The van der Waals surface area contributed by atoms with E-state index in [1.807, 2.05) is 50.8 Å². The molecule has 5 heteroatoms. The van der Waals surface area contributed by atoms with E-state index in [2.05, 4.69) is 0 Å². The summed E-state index contributed by atoms with van der Waals surface area (Å²) in [5, 5.41) is 8.94. The molecular formula is C17H26N2O3. The van der Waals surface area contributed by atoms with Gasteiger partial charge in [-0.3, -0.25) is 9.59 Å². The minimum atomic E-state index is -0.856. The monoisotopic (exact) mass is 306 g/mol. The van der Waals surface area contributed by atoms with Crippen molar-refractivity contribution in [1.82, 2.24) is 4.90 Å². The second kappa shape index (κ2) is 8.41. The van der Waals surface area contributed by atoms with Crippen LogP contribution in [-0.2, 0) is 9.59 Å². The number of aryl methyl sites for hydroxylation is 2. The average Bonchev–Trinajstić information content (AvgIpc) is 2.45. The van der Waals surface area contributed by atoms with Crippen LogP contribution in [0.3, 0.4) is 0 Å². The Labute approximate surface area is 132 Å². The number of hydrogen-bond donors (Lipinski definition) is 1. The smallest absolute Gasteiger partial charge is 0.305 e. The van der Waals surface area contributed by atoms with Crippen molar-refractivity contribution in [2.24, 2.45) is 0 Å². The molecule has 1 amide bonds. The number of carboxylic acid groups (broad SMARTS) is 1. The highest BCUT2D eigenvalue weighted by atomic mass is 16.4. The predicted octanol–water partition coefficient (Wildman–Crippen LogP) is 2.45. The molecule has 0 aliphatic heterocycles. The van der Waals surface area contributed by atoms with Crippen molar-refractivity contribution in [3.63, 3.8) is 0 Å². The Morgan fingerprint density at radius 3 is 2.27 bits per heavy atom. The number of amides is 1. The number of rotatable bonds is 8. The van der Waals surface area contributed by atoms with E-state index in [-0.39, 0.29) is 18.9 Å². The van der Waals surface area contributed by atoms with Gasteiger partial charge in [0.25, 0.3) is 0 Å². The molecule has 0 heterocycles. The summed E-state index contributed by atoms with van der Waals surface area (Å²) in [5.74, 6) is -0.833. The van der Waals surface area contributed by atoms with Crippen LogP contribution in [0.1, 0.15) is 31.4 Å². The fourth-order valence-corrected chi connectivity index (χ4v) is 2.52. The first-order valence-corrected chi connectivity index (χ1v) is 7.70. The third kappa shape index (κ3) is 5.06. The lowest BCUT2D eigenvalue weighted by Crippen LogP contribution is -2.41. The van der Waals surface area contributed by atoms with Crippen LogP contribution in [0.25, 0.3) is 0 Å². The van der Waals surface area contributed by atoms with Crippen LogP contribution in [-0.4, -0.2) is 48.1 Å². The number of hydrogen-bond acceptors (Lipinski definition) is 3. The Balaban J connectivity index is 2.97. The molecule has 0 aliphatic rings. The molecule has 5 nitrogen and oxygen atoms in total. The standard InChI is InChI=1S/C17H26N2O3/c1-5-18(6-2)16(20)12-19(10-9-17(21)22)15-8-7-13(3)11-14(15)4/h7-8,11H,5-6,9-10,12H2,1-4H3,(H,21,22). The van der Waals surface area contributed by atoms with Crippen molar-refractivity contribution in [1.29, 1.82) is 0 Å². The van der Waals surface area contributed by atoms with Gasteiger partial charge in [0.15, 0.2) is 0 Å². The van der Waals surface area contributed by atoms with E-state index in [1.165, 1.54) is 0 Å². The molecule has 0 saturated heterocycles. The number of aliphatic carboxylic acids is 1. The molecule has 0 aliphatic carbocycles. The van der Waals surface area contributed by atoms with E-state index in [4.69, 9.17) is 5.11 Å². The van der Waals surface area contributed by atoms with E-state index >= 15 is 0 Å². The van der Waals surface area contributed by atoms with Gasteiger partial charge in [0.2, 0.25) is 5.91 Å². The molecule has 1 rings (SSSR count). The van der Waals surface area contributed by atoms with Crippen molar-refractivity contribution in [2.75, 3.05) is 31.1 Å². The Bertz CT molecular complexity index is 525. The third-order valence-corrected chi connectivity index (χ3v) is 3.73. The van der Waals surface area contributed by atoms with Crippen molar-refractivity contribution < 1.29 is 14.7 Å². The predicted molar refractivity (Wildman–Crippen MR) is 88.3 cm³/mol. The number of likely N-dealkylation sites (N-methyl/N-ethyl adjacent to an activating group) is 1. The number of carbonyl (C=O) groups is 2. The van der Waals surface area contributed by atoms with Crippen LogP contribution in [0, 0.1) is 13.8 Å². The van der Waals surface area contributed by atoms with E-state index in [1.54, 1.807) is 4.90 Å². The Morgan fingerprint density at radius 1 is 1.14 bits per heavy atom. The lowest BCUT2D eigenvalue weighted by Gasteiger charge is -2.28. The van der Waals surface area contributed by atoms with Crippen LogP contribution in [0.2, 0.25) is 0 Å². The number of nitrogens with zero attached hydrogens (tertiary/aromatic N) is 2. The van der Waals surface area contributed by atoms with E-state index in [9.17, 15) is 9.59 Å².